The number of fused-ring (bicyclic) bond motifs is 16. The maximum Gasteiger partial charge on any atom is 0.0621 e. The third-order valence-corrected chi connectivity index (χ3v) is 15.5. The fraction of sp³-hybridized carbons (Fsp3) is 0.250. The summed E-state index contributed by atoms with van der Waals surface area (Å²) in [6, 6.07) is 54.2. The van der Waals surface area contributed by atoms with E-state index < -0.39 is 0 Å². The van der Waals surface area contributed by atoms with Crippen molar-refractivity contribution in [2.45, 2.75) is 105 Å². The molecule has 13 rings (SSSR count). The molecule has 0 atom stereocenters. The van der Waals surface area contributed by atoms with Crippen LogP contribution < -0.4 is 0 Å². The third-order valence-electron chi connectivity index (χ3n) is 15.5. The van der Waals surface area contributed by atoms with Gasteiger partial charge in [-0.05, 0) is 140 Å². The van der Waals surface area contributed by atoms with Gasteiger partial charge in [0.05, 0.1) is 44.1 Å². The summed E-state index contributed by atoms with van der Waals surface area (Å²) in [6.07, 6.45) is 0. The first-order chi connectivity index (χ1) is 31.8. The van der Waals surface area contributed by atoms with Crippen molar-refractivity contribution in [1.29, 1.82) is 0 Å². The van der Waals surface area contributed by atoms with E-state index in [0.717, 1.165) is 0 Å². The van der Waals surface area contributed by atoms with Crippen molar-refractivity contribution in [2.24, 2.45) is 0 Å². The molecule has 0 spiro atoms. The van der Waals surface area contributed by atoms with Crippen LogP contribution in [0.1, 0.15) is 105 Å². The second kappa shape index (κ2) is 13.0. The standard InChI is InChI=1S/C64H59N3/c1-61(2,3)37-23-25-53-45(29-37)46-31-39(63(7,8)9)34-49-56-54(66(53)59(46)49)26-27-55-57(56)50-35-40(64(10,11)12)33-48-47-32-38(62(4,5)6)30-43(58(47)67(55)60(48)50)36-22-24-52-44(28-36)42-20-16-17-21-51(42)65(52)41-18-14-13-15-19-41/h13-35H,1-12H3. The quantitative estimate of drug-likeness (QED) is 0.164. The summed E-state index contributed by atoms with van der Waals surface area (Å²) in [6.45, 7) is 28.3. The lowest BCUT2D eigenvalue weighted by Crippen LogP contribution is -2.11. The monoisotopic (exact) mass is 869 g/mol. The second-order valence-electron chi connectivity index (χ2n) is 23.9. The van der Waals surface area contributed by atoms with Gasteiger partial charge in [-0.3, -0.25) is 0 Å². The molecule has 0 fully saturated rings. The van der Waals surface area contributed by atoms with E-state index in [2.05, 4.69) is 236 Å². The van der Waals surface area contributed by atoms with Crippen molar-refractivity contribution >= 4 is 98.0 Å². The molecule has 0 aliphatic rings. The van der Waals surface area contributed by atoms with Crippen LogP contribution in [0.15, 0.2) is 140 Å². The van der Waals surface area contributed by atoms with Gasteiger partial charge in [0, 0.05) is 65.1 Å². The Morgan fingerprint density at radius 1 is 0.299 bits per heavy atom. The minimum Gasteiger partial charge on any atom is -0.309 e. The number of hydrogen-bond donors (Lipinski definition) is 0. The Morgan fingerprint density at radius 2 is 0.746 bits per heavy atom. The van der Waals surface area contributed by atoms with Gasteiger partial charge in [-0.1, -0.05) is 132 Å². The van der Waals surface area contributed by atoms with Gasteiger partial charge in [0.25, 0.3) is 0 Å². The summed E-state index contributed by atoms with van der Waals surface area (Å²) >= 11 is 0. The summed E-state index contributed by atoms with van der Waals surface area (Å²) < 4.78 is 7.67. The molecule has 0 bridgehead atoms. The Kier molecular flexibility index (Phi) is 7.83. The van der Waals surface area contributed by atoms with E-state index in [-0.39, 0.29) is 21.7 Å². The molecular weight excluding hydrogens is 811 g/mol. The Hall–Kier alpha value is -6.84. The summed E-state index contributed by atoms with van der Waals surface area (Å²) in [5.41, 5.74) is 19.3. The Bertz CT molecular complexity index is 4210. The first-order valence-corrected chi connectivity index (χ1v) is 24.4. The van der Waals surface area contributed by atoms with Gasteiger partial charge in [-0.15, -0.1) is 0 Å². The molecule has 5 heterocycles. The van der Waals surface area contributed by atoms with Gasteiger partial charge in [0.15, 0.2) is 0 Å². The molecule has 5 aromatic heterocycles. The number of aromatic nitrogens is 3. The van der Waals surface area contributed by atoms with Gasteiger partial charge in [0.1, 0.15) is 0 Å². The van der Waals surface area contributed by atoms with E-state index >= 15 is 0 Å². The molecule has 67 heavy (non-hydrogen) atoms. The van der Waals surface area contributed by atoms with Crippen LogP contribution in [0.5, 0.6) is 0 Å². The predicted octanol–water partition coefficient (Wildman–Crippen LogP) is 17.9. The van der Waals surface area contributed by atoms with E-state index in [0.29, 0.717) is 0 Å². The maximum absolute atomic E-state index is 2.66. The number of benzene rings is 8. The third kappa shape index (κ3) is 5.52. The highest BCUT2D eigenvalue weighted by molar-refractivity contribution is 6.36. The molecule has 3 heteroatoms. The molecule has 8 aromatic carbocycles. The summed E-state index contributed by atoms with van der Waals surface area (Å²) in [7, 11) is 0. The highest BCUT2D eigenvalue weighted by Crippen LogP contribution is 2.51. The number of nitrogens with zero attached hydrogens (tertiary/aromatic N) is 3. The Balaban J connectivity index is 1.21. The lowest BCUT2D eigenvalue weighted by molar-refractivity contribution is 0.590. The van der Waals surface area contributed by atoms with Gasteiger partial charge >= 0.3 is 0 Å². The van der Waals surface area contributed by atoms with E-state index in [1.807, 2.05) is 0 Å². The zero-order valence-electron chi connectivity index (χ0n) is 41.1. The zero-order valence-corrected chi connectivity index (χ0v) is 41.1. The molecule has 0 aliphatic heterocycles. The summed E-state index contributed by atoms with van der Waals surface area (Å²) in [5.74, 6) is 0. The normalized spacial score (nSPS) is 13.7. The van der Waals surface area contributed by atoms with Crippen LogP contribution in [0.2, 0.25) is 0 Å². The number of para-hydroxylation sites is 2. The van der Waals surface area contributed by atoms with Gasteiger partial charge < -0.3 is 13.4 Å². The lowest BCUT2D eigenvalue weighted by atomic mass is 9.82. The van der Waals surface area contributed by atoms with Gasteiger partial charge in [-0.2, -0.15) is 0 Å². The molecule has 0 radical (unpaired) electrons. The van der Waals surface area contributed by atoms with Crippen LogP contribution in [0.4, 0.5) is 0 Å². The van der Waals surface area contributed by atoms with Crippen molar-refractivity contribution in [1.82, 2.24) is 13.4 Å². The van der Waals surface area contributed by atoms with Crippen LogP contribution >= 0.6 is 0 Å². The first kappa shape index (κ1) is 40.4. The van der Waals surface area contributed by atoms with Crippen molar-refractivity contribution in [3.8, 4) is 16.8 Å². The topological polar surface area (TPSA) is 13.8 Å². The average Bonchev–Trinajstić information content (AvgIpc) is 4.07. The van der Waals surface area contributed by atoms with Crippen molar-refractivity contribution < 1.29 is 0 Å². The van der Waals surface area contributed by atoms with Crippen molar-refractivity contribution in [3.05, 3.63) is 162 Å². The fourth-order valence-electron chi connectivity index (χ4n) is 11.8. The molecule has 0 saturated heterocycles. The largest absolute Gasteiger partial charge is 0.309 e. The maximum atomic E-state index is 2.66. The number of hydrogen-bond acceptors (Lipinski definition) is 0. The molecule has 0 amide bonds. The number of rotatable bonds is 2. The minimum atomic E-state index is -0.0640. The molecule has 3 nitrogen and oxygen atoms in total. The smallest absolute Gasteiger partial charge is 0.0621 e. The Morgan fingerprint density at radius 3 is 1.37 bits per heavy atom. The van der Waals surface area contributed by atoms with E-state index in [1.165, 1.54) is 137 Å². The molecule has 13 aromatic rings. The molecule has 0 aliphatic carbocycles. The Labute approximate surface area is 392 Å². The highest BCUT2D eigenvalue weighted by atomic mass is 15.0. The fourth-order valence-corrected chi connectivity index (χ4v) is 11.8. The van der Waals surface area contributed by atoms with Crippen LogP contribution in [0, 0.1) is 0 Å². The molecule has 0 saturated carbocycles. The zero-order chi connectivity index (χ0) is 46.4. The van der Waals surface area contributed by atoms with Crippen molar-refractivity contribution in [2.75, 3.05) is 0 Å². The lowest BCUT2D eigenvalue weighted by Gasteiger charge is -2.22. The van der Waals surface area contributed by atoms with E-state index in [9.17, 15) is 0 Å². The van der Waals surface area contributed by atoms with Crippen LogP contribution in [-0.2, 0) is 21.7 Å². The molecular formula is C64H59N3. The van der Waals surface area contributed by atoms with E-state index in [4.69, 9.17) is 0 Å². The first-order valence-electron chi connectivity index (χ1n) is 24.4. The van der Waals surface area contributed by atoms with E-state index in [1.54, 1.807) is 0 Å². The van der Waals surface area contributed by atoms with Crippen LogP contribution in [0.3, 0.4) is 0 Å². The predicted molar refractivity (Wildman–Crippen MR) is 290 cm³/mol. The molecule has 0 N–H and O–H groups in total. The minimum absolute atomic E-state index is 0.0312. The summed E-state index contributed by atoms with van der Waals surface area (Å²) in [5, 5.41) is 13.3. The van der Waals surface area contributed by atoms with Gasteiger partial charge in [-0.25, -0.2) is 0 Å². The second-order valence-corrected chi connectivity index (χ2v) is 23.9. The molecule has 0 unspecified atom stereocenters. The molecule has 330 valence electrons. The highest BCUT2D eigenvalue weighted by Gasteiger charge is 2.30. The van der Waals surface area contributed by atoms with Crippen LogP contribution in [0.25, 0.3) is 115 Å². The van der Waals surface area contributed by atoms with Gasteiger partial charge in [0.2, 0.25) is 0 Å². The average molecular weight is 870 g/mol. The van der Waals surface area contributed by atoms with Crippen LogP contribution in [-0.4, -0.2) is 13.4 Å². The SMILES string of the molecule is CC(C)(C)c1ccc2c(c1)c1cc(C(C)(C)C)cc3c4c5c6cc(C(C)(C)C)cc7c8cc(C(C)(C)C)cc(-c9ccc%10c(c9)c9ccccc9n%10-c9ccccc9)c8n(c5ccc4n2c13)c76. The summed E-state index contributed by atoms with van der Waals surface area (Å²) in [4.78, 5) is 0. The van der Waals surface area contributed by atoms with Crippen molar-refractivity contribution in [3.63, 3.8) is 0 Å².